The van der Waals surface area contributed by atoms with Crippen molar-refractivity contribution in [3.63, 3.8) is 0 Å². The van der Waals surface area contributed by atoms with E-state index < -0.39 is 0 Å². The summed E-state index contributed by atoms with van der Waals surface area (Å²) in [4.78, 5) is 26.7. The van der Waals surface area contributed by atoms with Crippen molar-refractivity contribution < 1.29 is 9.59 Å². The average Bonchev–Trinajstić information content (AvgIpc) is 2.94. The lowest BCUT2D eigenvalue weighted by molar-refractivity contribution is -0.121. The number of hydrogen-bond donors (Lipinski definition) is 2. The first kappa shape index (κ1) is 18.2. The van der Waals surface area contributed by atoms with Crippen molar-refractivity contribution in [1.82, 2.24) is 20.4 Å². The number of H-pyrrole nitrogens is 1. The molecule has 26 heavy (non-hydrogen) atoms. The van der Waals surface area contributed by atoms with Gasteiger partial charge in [-0.15, -0.1) is 0 Å². The van der Waals surface area contributed by atoms with Crippen molar-refractivity contribution in [2.45, 2.75) is 46.1 Å². The molecule has 1 aliphatic rings. The number of piperidine rings is 1. The first-order valence-electron chi connectivity index (χ1n) is 9.10. The number of nitrogens with one attached hydrogen (secondary N) is 2. The van der Waals surface area contributed by atoms with Crippen LogP contribution in [-0.4, -0.2) is 46.0 Å². The monoisotopic (exact) mass is 354 g/mol. The zero-order chi connectivity index (χ0) is 18.7. The Bertz CT molecular complexity index is 767. The maximum atomic E-state index is 12.6. The van der Waals surface area contributed by atoms with Gasteiger partial charge in [0.15, 0.2) is 0 Å². The van der Waals surface area contributed by atoms with Gasteiger partial charge in [0.2, 0.25) is 5.91 Å². The van der Waals surface area contributed by atoms with E-state index in [0.29, 0.717) is 19.5 Å². The maximum absolute atomic E-state index is 12.6. The molecular formula is C20H26N4O2. The maximum Gasteiger partial charge on any atom is 0.253 e. The molecule has 1 aliphatic heterocycles. The summed E-state index contributed by atoms with van der Waals surface area (Å²) in [7, 11) is 0. The highest BCUT2D eigenvalue weighted by atomic mass is 16.2. The molecule has 1 saturated heterocycles. The number of nitrogens with zero attached hydrogens (tertiary/aromatic N) is 2. The molecule has 1 fully saturated rings. The predicted octanol–water partition coefficient (Wildman–Crippen LogP) is 2.30. The number of aryl methyl sites for hydroxylation is 3. The van der Waals surface area contributed by atoms with E-state index in [9.17, 15) is 9.59 Å². The van der Waals surface area contributed by atoms with Crippen molar-refractivity contribution in [2.24, 2.45) is 0 Å². The molecule has 1 aromatic heterocycles. The molecule has 2 heterocycles. The molecule has 0 unspecified atom stereocenters. The van der Waals surface area contributed by atoms with Crippen molar-refractivity contribution >= 4 is 11.8 Å². The number of benzene rings is 1. The van der Waals surface area contributed by atoms with Gasteiger partial charge in [0.1, 0.15) is 0 Å². The van der Waals surface area contributed by atoms with Crippen molar-refractivity contribution in [2.75, 3.05) is 13.1 Å². The summed E-state index contributed by atoms with van der Waals surface area (Å²) in [6.07, 6.45) is 1.91. The van der Waals surface area contributed by atoms with Gasteiger partial charge in [0, 0.05) is 36.0 Å². The van der Waals surface area contributed by atoms with Crippen LogP contribution in [0.25, 0.3) is 0 Å². The normalized spacial score (nSPS) is 15.1. The molecule has 2 amide bonds. The lowest BCUT2D eigenvalue weighted by Crippen LogP contribution is -2.46. The topological polar surface area (TPSA) is 78.1 Å². The average molecular weight is 354 g/mol. The van der Waals surface area contributed by atoms with Crippen LogP contribution >= 0.6 is 0 Å². The molecular weight excluding hydrogens is 328 g/mol. The van der Waals surface area contributed by atoms with Gasteiger partial charge in [0.05, 0.1) is 12.1 Å². The predicted molar refractivity (Wildman–Crippen MR) is 100 cm³/mol. The summed E-state index contributed by atoms with van der Waals surface area (Å²) in [6.45, 7) is 7.18. The number of aromatic nitrogens is 2. The lowest BCUT2D eigenvalue weighted by Gasteiger charge is -2.32. The van der Waals surface area contributed by atoms with Crippen LogP contribution in [0.3, 0.4) is 0 Å². The minimum absolute atomic E-state index is 0.0147. The fourth-order valence-electron chi connectivity index (χ4n) is 3.38. The molecule has 3 rings (SSSR count). The van der Waals surface area contributed by atoms with E-state index in [2.05, 4.69) is 15.5 Å². The largest absolute Gasteiger partial charge is 0.353 e. The van der Waals surface area contributed by atoms with E-state index >= 15 is 0 Å². The number of hydrogen-bond acceptors (Lipinski definition) is 3. The van der Waals surface area contributed by atoms with Gasteiger partial charge < -0.3 is 10.2 Å². The molecule has 0 atom stereocenters. The third kappa shape index (κ3) is 4.12. The van der Waals surface area contributed by atoms with Crippen LogP contribution in [0.15, 0.2) is 24.3 Å². The smallest absolute Gasteiger partial charge is 0.253 e. The Balaban J connectivity index is 1.50. The second kappa shape index (κ2) is 7.72. The summed E-state index contributed by atoms with van der Waals surface area (Å²) >= 11 is 0. The third-order valence-corrected chi connectivity index (χ3v) is 5.06. The van der Waals surface area contributed by atoms with Gasteiger partial charge in [-0.2, -0.15) is 5.10 Å². The van der Waals surface area contributed by atoms with E-state index in [4.69, 9.17) is 0 Å². The van der Waals surface area contributed by atoms with Crippen LogP contribution in [-0.2, 0) is 11.2 Å². The van der Waals surface area contributed by atoms with Gasteiger partial charge in [-0.05, 0) is 45.7 Å². The fourth-order valence-corrected chi connectivity index (χ4v) is 3.38. The molecule has 2 aromatic rings. The van der Waals surface area contributed by atoms with E-state index in [1.807, 2.05) is 49.9 Å². The van der Waals surface area contributed by atoms with Crippen LogP contribution in [0.2, 0.25) is 0 Å². The third-order valence-electron chi connectivity index (χ3n) is 5.06. The molecule has 6 heteroatoms. The fraction of sp³-hybridized carbons (Fsp3) is 0.450. The van der Waals surface area contributed by atoms with E-state index in [0.717, 1.165) is 40.9 Å². The van der Waals surface area contributed by atoms with Crippen molar-refractivity contribution in [3.05, 3.63) is 52.3 Å². The Labute approximate surface area is 154 Å². The van der Waals surface area contributed by atoms with E-state index in [1.165, 1.54) is 0 Å². The minimum atomic E-state index is 0.0147. The molecule has 0 bridgehead atoms. The standard InChI is InChI=1S/C20H26N4O2/c1-13-4-6-16(7-5-13)20(26)24-10-8-17(9-11-24)21-19(25)12-18-14(2)22-23-15(18)3/h4-7,17H,8-12H2,1-3H3,(H,21,25)(H,22,23). The summed E-state index contributed by atoms with van der Waals surface area (Å²) in [5.41, 5.74) is 4.65. The molecule has 0 aliphatic carbocycles. The number of rotatable bonds is 4. The Hall–Kier alpha value is -2.63. The highest BCUT2D eigenvalue weighted by Gasteiger charge is 2.25. The number of likely N-dealkylation sites (tertiary alicyclic amines) is 1. The van der Waals surface area contributed by atoms with Crippen LogP contribution in [0.4, 0.5) is 0 Å². The first-order chi connectivity index (χ1) is 12.4. The second-order valence-electron chi connectivity index (χ2n) is 7.09. The van der Waals surface area contributed by atoms with Crippen LogP contribution in [0.5, 0.6) is 0 Å². The number of amides is 2. The zero-order valence-corrected chi connectivity index (χ0v) is 15.6. The first-order valence-corrected chi connectivity index (χ1v) is 9.10. The minimum Gasteiger partial charge on any atom is -0.353 e. The highest BCUT2D eigenvalue weighted by Crippen LogP contribution is 2.16. The second-order valence-corrected chi connectivity index (χ2v) is 7.09. The molecule has 0 spiro atoms. The number of carbonyl (C=O) groups excluding carboxylic acids is 2. The summed E-state index contributed by atoms with van der Waals surface area (Å²) in [5.74, 6) is 0.0836. The molecule has 1 aromatic carbocycles. The zero-order valence-electron chi connectivity index (χ0n) is 15.6. The van der Waals surface area contributed by atoms with Gasteiger partial charge in [-0.3, -0.25) is 14.7 Å². The van der Waals surface area contributed by atoms with Crippen LogP contribution in [0, 0.1) is 20.8 Å². The SMILES string of the molecule is Cc1ccc(C(=O)N2CCC(NC(=O)Cc3c(C)n[nH]c3C)CC2)cc1. The van der Waals surface area contributed by atoms with E-state index in [-0.39, 0.29) is 17.9 Å². The lowest BCUT2D eigenvalue weighted by atomic mass is 10.0. The Morgan fingerprint density at radius 2 is 1.81 bits per heavy atom. The van der Waals surface area contributed by atoms with Crippen LogP contribution < -0.4 is 5.32 Å². The molecule has 2 N–H and O–H groups in total. The van der Waals surface area contributed by atoms with Gasteiger partial charge in [-0.1, -0.05) is 17.7 Å². The molecule has 138 valence electrons. The van der Waals surface area contributed by atoms with Crippen LogP contribution in [0.1, 0.15) is 45.7 Å². The Kier molecular flexibility index (Phi) is 5.40. The summed E-state index contributed by atoms with van der Waals surface area (Å²) in [5, 5.41) is 10.1. The number of aromatic amines is 1. The Morgan fingerprint density at radius 3 is 2.38 bits per heavy atom. The Morgan fingerprint density at radius 1 is 1.15 bits per heavy atom. The quantitative estimate of drug-likeness (QED) is 0.884. The van der Waals surface area contributed by atoms with Crippen molar-refractivity contribution in [3.8, 4) is 0 Å². The summed E-state index contributed by atoms with van der Waals surface area (Å²) in [6, 6.07) is 7.79. The van der Waals surface area contributed by atoms with Crippen molar-refractivity contribution in [1.29, 1.82) is 0 Å². The van der Waals surface area contributed by atoms with Gasteiger partial charge in [-0.25, -0.2) is 0 Å². The summed E-state index contributed by atoms with van der Waals surface area (Å²) < 4.78 is 0. The molecule has 0 saturated carbocycles. The highest BCUT2D eigenvalue weighted by molar-refractivity contribution is 5.94. The molecule has 6 nitrogen and oxygen atoms in total. The molecule has 0 radical (unpaired) electrons. The van der Waals surface area contributed by atoms with Gasteiger partial charge >= 0.3 is 0 Å². The van der Waals surface area contributed by atoms with Gasteiger partial charge in [0.25, 0.3) is 5.91 Å². The van der Waals surface area contributed by atoms with E-state index in [1.54, 1.807) is 0 Å². The number of carbonyl (C=O) groups is 2.